The van der Waals surface area contributed by atoms with Crippen LogP contribution in [0.15, 0.2) is 29.8 Å². The van der Waals surface area contributed by atoms with E-state index in [4.69, 9.17) is 11.6 Å². The SMILES string of the molecule is Cc1nn(C)c(/C(O)=C(\C#N)C(=O)Cc2cccc(C(F)(F)F)c2)c1Cl. The van der Waals surface area contributed by atoms with E-state index in [2.05, 4.69) is 5.10 Å². The average Bonchev–Trinajstić information content (AvgIpc) is 2.80. The van der Waals surface area contributed by atoms with Gasteiger partial charge in [0, 0.05) is 13.5 Å². The average molecular weight is 384 g/mol. The van der Waals surface area contributed by atoms with Gasteiger partial charge in [0.2, 0.25) is 0 Å². The lowest BCUT2D eigenvalue weighted by atomic mass is 10.0. The van der Waals surface area contributed by atoms with E-state index in [-0.39, 0.29) is 16.3 Å². The number of hydrogen-bond donors (Lipinski definition) is 1. The van der Waals surface area contributed by atoms with Gasteiger partial charge in [-0.2, -0.15) is 23.5 Å². The number of aryl methyl sites for hydroxylation is 2. The highest BCUT2D eigenvalue weighted by atomic mass is 35.5. The van der Waals surface area contributed by atoms with Crippen LogP contribution < -0.4 is 0 Å². The van der Waals surface area contributed by atoms with Crippen LogP contribution in [0.3, 0.4) is 0 Å². The zero-order chi connectivity index (χ0) is 19.6. The maximum atomic E-state index is 12.8. The molecule has 0 saturated carbocycles. The molecule has 0 spiro atoms. The topological polar surface area (TPSA) is 78.9 Å². The highest BCUT2D eigenvalue weighted by molar-refractivity contribution is 6.33. The summed E-state index contributed by atoms with van der Waals surface area (Å²) in [5, 5.41) is 23.6. The van der Waals surface area contributed by atoms with Crippen molar-refractivity contribution < 1.29 is 23.1 Å². The lowest BCUT2D eigenvalue weighted by molar-refractivity contribution is -0.137. The van der Waals surface area contributed by atoms with Gasteiger partial charge in [0.15, 0.2) is 11.5 Å². The number of alkyl halides is 3. The molecule has 0 aliphatic rings. The minimum Gasteiger partial charge on any atom is -0.504 e. The van der Waals surface area contributed by atoms with Crippen LogP contribution in [0.1, 0.15) is 22.5 Å². The zero-order valence-corrected chi connectivity index (χ0v) is 14.5. The van der Waals surface area contributed by atoms with Gasteiger partial charge in [0.05, 0.1) is 16.3 Å². The van der Waals surface area contributed by atoms with Gasteiger partial charge in [-0.15, -0.1) is 0 Å². The van der Waals surface area contributed by atoms with Crippen LogP contribution in [0, 0.1) is 18.3 Å². The highest BCUT2D eigenvalue weighted by Crippen LogP contribution is 2.30. The molecule has 1 aromatic carbocycles. The first-order chi connectivity index (χ1) is 12.1. The number of rotatable bonds is 4. The molecule has 1 aromatic heterocycles. The number of hydrogen-bond acceptors (Lipinski definition) is 4. The summed E-state index contributed by atoms with van der Waals surface area (Å²) >= 11 is 6.02. The van der Waals surface area contributed by atoms with Gasteiger partial charge >= 0.3 is 6.18 Å². The number of benzene rings is 1. The number of Topliss-reactive ketones (excluding diaryl/α,β-unsaturated/α-hetero) is 1. The van der Waals surface area contributed by atoms with E-state index in [0.717, 1.165) is 12.1 Å². The van der Waals surface area contributed by atoms with Crippen LogP contribution in [0.2, 0.25) is 5.02 Å². The predicted octanol–water partition coefficient (Wildman–Crippen LogP) is 4.01. The van der Waals surface area contributed by atoms with Crippen LogP contribution in [-0.2, 0) is 24.4 Å². The van der Waals surface area contributed by atoms with Crippen molar-refractivity contribution >= 4 is 23.1 Å². The standard InChI is InChI=1S/C17H13ClF3N3O2/c1-9-14(18)15(24(2)23-9)16(26)12(8-22)13(25)7-10-4-3-5-11(6-10)17(19,20)21/h3-6,26H,7H2,1-2H3/b16-12-. The van der Waals surface area contributed by atoms with Crippen molar-refractivity contribution in [3.05, 3.63) is 57.4 Å². The van der Waals surface area contributed by atoms with Gasteiger partial charge in [-0.1, -0.05) is 29.8 Å². The predicted molar refractivity (Wildman–Crippen MR) is 88.3 cm³/mol. The molecule has 9 heteroatoms. The van der Waals surface area contributed by atoms with Gasteiger partial charge in [-0.05, 0) is 18.6 Å². The molecule has 0 aliphatic heterocycles. The Morgan fingerprint density at radius 3 is 2.58 bits per heavy atom. The molecule has 0 unspecified atom stereocenters. The second kappa shape index (κ2) is 7.22. The third-order valence-electron chi connectivity index (χ3n) is 3.62. The minimum absolute atomic E-state index is 0.0156. The van der Waals surface area contributed by atoms with Crippen molar-refractivity contribution in [2.75, 3.05) is 0 Å². The Balaban J connectivity index is 2.40. The first-order valence-electron chi connectivity index (χ1n) is 7.28. The molecular formula is C17H13ClF3N3O2. The smallest absolute Gasteiger partial charge is 0.416 e. The Hall–Kier alpha value is -2.79. The number of ketones is 1. The maximum Gasteiger partial charge on any atom is 0.416 e. The molecule has 0 atom stereocenters. The Bertz CT molecular complexity index is 940. The molecular weight excluding hydrogens is 371 g/mol. The summed E-state index contributed by atoms with van der Waals surface area (Å²) in [7, 11) is 1.47. The highest BCUT2D eigenvalue weighted by Gasteiger charge is 2.30. The molecule has 0 amide bonds. The summed E-state index contributed by atoms with van der Waals surface area (Å²) in [6.07, 6.45) is -5.03. The molecule has 1 heterocycles. The number of aliphatic hydroxyl groups is 1. The van der Waals surface area contributed by atoms with Crippen molar-refractivity contribution in [3.63, 3.8) is 0 Å². The van der Waals surface area contributed by atoms with E-state index in [1.807, 2.05) is 0 Å². The first kappa shape index (κ1) is 19.5. The Labute approximate surface area is 151 Å². The quantitative estimate of drug-likeness (QED) is 0.491. The van der Waals surface area contributed by atoms with E-state index in [9.17, 15) is 28.3 Å². The molecule has 2 rings (SSSR count). The summed E-state index contributed by atoms with van der Waals surface area (Å²) in [4.78, 5) is 12.4. The second-order valence-corrected chi connectivity index (χ2v) is 5.88. The van der Waals surface area contributed by atoms with Crippen molar-refractivity contribution in [1.29, 1.82) is 5.26 Å². The van der Waals surface area contributed by atoms with E-state index in [0.29, 0.717) is 5.69 Å². The lowest BCUT2D eigenvalue weighted by Gasteiger charge is -2.09. The Morgan fingerprint density at radius 1 is 1.42 bits per heavy atom. The van der Waals surface area contributed by atoms with E-state index in [1.165, 1.54) is 23.9 Å². The van der Waals surface area contributed by atoms with Crippen LogP contribution in [0.4, 0.5) is 13.2 Å². The molecule has 2 aromatic rings. The third-order valence-corrected chi connectivity index (χ3v) is 4.07. The number of aliphatic hydroxyl groups excluding tert-OH is 1. The summed E-state index contributed by atoms with van der Waals surface area (Å²) in [5.41, 5.74) is -1.07. The van der Waals surface area contributed by atoms with Gasteiger partial charge < -0.3 is 5.11 Å². The van der Waals surface area contributed by atoms with Crippen LogP contribution in [-0.4, -0.2) is 20.7 Å². The number of carbonyl (C=O) groups excluding carboxylic acids is 1. The van der Waals surface area contributed by atoms with E-state index < -0.39 is 35.3 Å². The molecule has 0 bridgehead atoms. The fraction of sp³-hybridized carbons (Fsp3) is 0.235. The normalized spacial score (nSPS) is 12.5. The lowest BCUT2D eigenvalue weighted by Crippen LogP contribution is -2.11. The molecule has 136 valence electrons. The Kier molecular flexibility index (Phi) is 5.42. The summed E-state index contributed by atoms with van der Waals surface area (Å²) in [6, 6.07) is 5.79. The number of carbonyl (C=O) groups is 1. The van der Waals surface area contributed by atoms with E-state index in [1.54, 1.807) is 13.0 Å². The number of aromatic nitrogens is 2. The van der Waals surface area contributed by atoms with E-state index >= 15 is 0 Å². The molecule has 26 heavy (non-hydrogen) atoms. The number of halogens is 4. The number of nitriles is 1. The van der Waals surface area contributed by atoms with Gasteiger partial charge in [-0.25, -0.2) is 0 Å². The molecule has 0 fully saturated rings. The first-order valence-corrected chi connectivity index (χ1v) is 7.66. The van der Waals surface area contributed by atoms with Crippen molar-refractivity contribution in [2.45, 2.75) is 19.5 Å². The fourth-order valence-corrected chi connectivity index (χ4v) is 2.64. The van der Waals surface area contributed by atoms with Gasteiger partial charge in [0.25, 0.3) is 0 Å². The second-order valence-electron chi connectivity index (χ2n) is 5.51. The Morgan fingerprint density at radius 2 is 2.08 bits per heavy atom. The molecule has 5 nitrogen and oxygen atoms in total. The van der Waals surface area contributed by atoms with Crippen molar-refractivity contribution in [1.82, 2.24) is 9.78 Å². The molecule has 1 N–H and O–H groups in total. The number of nitrogens with zero attached hydrogens (tertiary/aromatic N) is 3. The summed E-state index contributed by atoms with van der Waals surface area (Å²) < 4.78 is 39.5. The molecule has 0 radical (unpaired) electrons. The summed E-state index contributed by atoms with van der Waals surface area (Å²) in [5.74, 6) is -1.50. The van der Waals surface area contributed by atoms with Crippen molar-refractivity contribution in [3.8, 4) is 6.07 Å². The summed E-state index contributed by atoms with van der Waals surface area (Å²) in [6.45, 7) is 1.58. The molecule has 0 aliphatic carbocycles. The number of allylic oxidation sites excluding steroid dienone is 1. The fourth-order valence-electron chi connectivity index (χ4n) is 2.39. The maximum absolute atomic E-state index is 12.8. The molecule has 0 saturated heterocycles. The van der Waals surface area contributed by atoms with Crippen LogP contribution in [0.25, 0.3) is 5.76 Å². The monoisotopic (exact) mass is 383 g/mol. The minimum atomic E-state index is -4.55. The van der Waals surface area contributed by atoms with Crippen LogP contribution in [0.5, 0.6) is 0 Å². The van der Waals surface area contributed by atoms with Gasteiger partial charge in [0.1, 0.15) is 17.3 Å². The van der Waals surface area contributed by atoms with Crippen molar-refractivity contribution in [2.24, 2.45) is 7.05 Å². The van der Waals surface area contributed by atoms with Crippen LogP contribution >= 0.6 is 11.6 Å². The largest absolute Gasteiger partial charge is 0.504 e. The van der Waals surface area contributed by atoms with Gasteiger partial charge in [-0.3, -0.25) is 9.48 Å². The third kappa shape index (κ3) is 3.89. The zero-order valence-electron chi connectivity index (χ0n) is 13.7.